The molecule has 1 unspecified atom stereocenters. The second-order valence-corrected chi connectivity index (χ2v) is 5.12. The van der Waals surface area contributed by atoms with Crippen LogP contribution in [0.4, 0.5) is 4.79 Å². The highest BCUT2D eigenvalue weighted by Gasteiger charge is 2.41. The minimum Gasteiger partial charge on any atom is -0.480 e. The molecule has 3 atom stereocenters. The first kappa shape index (κ1) is 14.1. The van der Waals surface area contributed by atoms with Crippen LogP contribution in [0.3, 0.4) is 0 Å². The summed E-state index contributed by atoms with van der Waals surface area (Å²) in [5.41, 5.74) is 0. The number of carboxylic acids is 1. The van der Waals surface area contributed by atoms with Crippen LogP contribution in [0.1, 0.15) is 19.3 Å². The van der Waals surface area contributed by atoms with Gasteiger partial charge in [-0.3, -0.25) is 0 Å². The van der Waals surface area contributed by atoms with Gasteiger partial charge in [0, 0.05) is 33.2 Å². The van der Waals surface area contributed by atoms with E-state index in [2.05, 4.69) is 0 Å². The molecule has 0 aliphatic carbocycles. The molecule has 108 valence electrons. The summed E-state index contributed by atoms with van der Waals surface area (Å²) in [7, 11) is 1.61. The number of methoxy groups -OCH3 is 1. The summed E-state index contributed by atoms with van der Waals surface area (Å²) in [6.07, 6.45) is 1.10. The maximum atomic E-state index is 12.3. The molecule has 0 spiro atoms. The number of amides is 2. The maximum absolute atomic E-state index is 12.3. The van der Waals surface area contributed by atoms with Gasteiger partial charge in [-0.2, -0.15) is 0 Å². The standard InChI is InChI=1S/C12H20N2O5/c1-19-9-3-2-4-13(7-9)12(18)14-6-8(15)5-10(14)11(16)17/h8-10,15H,2-7H2,1H3,(H,16,17)/t8-,9?,10+/m1/s1. The third-order valence-electron chi connectivity index (χ3n) is 3.79. The second-order valence-electron chi connectivity index (χ2n) is 5.12. The van der Waals surface area contributed by atoms with E-state index in [1.165, 1.54) is 4.90 Å². The summed E-state index contributed by atoms with van der Waals surface area (Å²) in [5.74, 6) is -1.06. The molecule has 0 aromatic heterocycles. The molecule has 2 amide bonds. The van der Waals surface area contributed by atoms with E-state index in [-0.39, 0.29) is 25.1 Å². The molecule has 7 heteroatoms. The number of likely N-dealkylation sites (tertiary alicyclic amines) is 2. The number of carbonyl (C=O) groups is 2. The Labute approximate surface area is 111 Å². The Morgan fingerprint density at radius 3 is 2.68 bits per heavy atom. The van der Waals surface area contributed by atoms with Gasteiger partial charge < -0.3 is 24.7 Å². The van der Waals surface area contributed by atoms with Crippen molar-refractivity contribution in [3.05, 3.63) is 0 Å². The monoisotopic (exact) mass is 272 g/mol. The number of urea groups is 1. The summed E-state index contributed by atoms with van der Waals surface area (Å²) < 4.78 is 5.25. The van der Waals surface area contributed by atoms with Crippen molar-refractivity contribution in [1.82, 2.24) is 9.80 Å². The van der Waals surface area contributed by atoms with E-state index in [1.807, 2.05) is 0 Å². The smallest absolute Gasteiger partial charge is 0.326 e. The lowest BCUT2D eigenvalue weighted by molar-refractivity contribution is -0.141. The highest BCUT2D eigenvalue weighted by Crippen LogP contribution is 2.22. The molecular formula is C12H20N2O5. The number of hydrogen-bond donors (Lipinski definition) is 2. The molecule has 0 saturated carbocycles. The van der Waals surface area contributed by atoms with Gasteiger partial charge in [-0.15, -0.1) is 0 Å². The summed E-state index contributed by atoms with van der Waals surface area (Å²) in [6, 6.07) is -1.24. The van der Waals surface area contributed by atoms with E-state index < -0.39 is 18.1 Å². The molecule has 2 aliphatic rings. The predicted octanol–water partition coefficient (Wildman–Crippen LogP) is -0.263. The van der Waals surface area contributed by atoms with E-state index >= 15 is 0 Å². The van der Waals surface area contributed by atoms with Crippen molar-refractivity contribution in [1.29, 1.82) is 0 Å². The SMILES string of the molecule is COC1CCCN(C(=O)N2C[C@H](O)C[C@H]2C(=O)O)C1. The number of nitrogens with zero attached hydrogens (tertiary/aromatic N) is 2. The van der Waals surface area contributed by atoms with Crippen LogP contribution in [-0.4, -0.2) is 77.0 Å². The molecule has 2 heterocycles. The minimum atomic E-state index is -1.06. The summed E-state index contributed by atoms with van der Waals surface area (Å²) in [4.78, 5) is 26.3. The third kappa shape index (κ3) is 2.98. The normalized spacial score (nSPS) is 31.6. The highest BCUT2D eigenvalue weighted by atomic mass is 16.5. The topological polar surface area (TPSA) is 90.3 Å². The lowest BCUT2D eigenvalue weighted by Gasteiger charge is -2.35. The molecule has 7 nitrogen and oxygen atoms in total. The van der Waals surface area contributed by atoms with E-state index in [9.17, 15) is 14.7 Å². The Morgan fingerprint density at radius 2 is 2.05 bits per heavy atom. The Bertz CT molecular complexity index is 362. The van der Waals surface area contributed by atoms with Gasteiger partial charge in [0.05, 0.1) is 12.2 Å². The fourth-order valence-electron chi connectivity index (χ4n) is 2.75. The van der Waals surface area contributed by atoms with Crippen LogP contribution in [0.15, 0.2) is 0 Å². The zero-order valence-corrected chi connectivity index (χ0v) is 11.0. The molecule has 2 aliphatic heterocycles. The van der Waals surface area contributed by atoms with E-state index in [1.54, 1.807) is 12.0 Å². The number of aliphatic hydroxyl groups excluding tert-OH is 1. The quantitative estimate of drug-likeness (QED) is 0.722. The van der Waals surface area contributed by atoms with Crippen LogP contribution in [0, 0.1) is 0 Å². The number of piperidine rings is 1. The molecule has 2 N–H and O–H groups in total. The Hall–Kier alpha value is -1.34. The number of aliphatic carboxylic acids is 1. The molecule has 2 fully saturated rings. The fraction of sp³-hybridized carbons (Fsp3) is 0.833. The summed E-state index contributed by atoms with van der Waals surface area (Å²) in [5, 5.41) is 18.7. The highest BCUT2D eigenvalue weighted by molar-refractivity contribution is 5.83. The first-order chi connectivity index (χ1) is 9.02. The van der Waals surface area contributed by atoms with E-state index in [4.69, 9.17) is 9.84 Å². The lowest BCUT2D eigenvalue weighted by Crippen LogP contribution is -2.52. The first-order valence-corrected chi connectivity index (χ1v) is 6.52. The van der Waals surface area contributed by atoms with Gasteiger partial charge >= 0.3 is 12.0 Å². The van der Waals surface area contributed by atoms with Crippen molar-refractivity contribution in [2.45, 2.75) is 37.5 Å². The van der Waals surface area contributed by atoms with Gasteiger partial charge in [-0.25, -0.2) is 9.59 Å². The number of hydrogen-bond acceptors (Lipinski definition) is 4. The van der Waals surface area contributed by atoms with Gasteiger partial charge in [0.2, 0.25) is 0 Å². The molecule has 0 aromatic rings. The van der Waals surface area contributed by atoms with Crippen LogP contribution < -0.4 is 0 Å². The van der Waals surface area contributed by atoms with Crippen molar-refractivity contribution in [2.75, 3.05) is 26.7 Å². The molecule has 19 heavy (non-hydrogen) atoms. The number of rotatable bonds is 2. The maximum Gasteiger partial charge on any atom is 0.326 e. The predicted molar refractivity (Wildman–Crippen MR) is 65.8 cm³/mol. The summed E-state index contributed by atoms with van der Waals surface area (Å²) in [6.45, 7) is 1.18. The Kier molecular flexibility index (Phi) is 4.26. The molecule has 2 saturated heterocycles. The van der Waals surface area contributed by atoms with Crippen molar-refractivity contribution < 1.29 is 24.5 Å². The molecule has 0 bridgehead atoms. The number of carboxylic acid groups (broad SMARTS) is 1. The zero-order chi connectivity index (χ0) is 14.0. The van der Waals surface area contributed by atoms with Crippen LogP contribution in [0.25, 0.3) is 0 Å². The van der Waals surface area contributed by atoms with Crippen molar-refractivity contribution >= 4 is 12.0 Å². The Balaban J connectivity index is 2.03. The van der Waals surface area contributed by atoms with Gasteiger partial charge in [-0.05, 0) is 12.8 Å². The van der Waals surface area contributed by atoms with E-state index in [0.29, 0.717) is 13.1 Å². The zero-order valence-electron chi connectivity index (χ0n) is 11.0. The average molecular weight is 272 g/mol. The first-order valence-electron chi connectivity index (χ1n) is 6.52. The molecule has 2 rings (SSSR count). The van der Waals surface area contributed by atoms with Crippen LogP contribution in [0.2, 0.25) is 0 Å². The van der Waals surface area contributed by atoms with Crippen LogP contribution in [0.5, 0.6) is 0 Å². The van der Waals surface area contributed by atoms with Gasteiger partial charge in [0.15, 0.2) is 0 Å². The molecular weight excluding hydrogens is 252 g/mol. The van der Waals surface area contributed by atoms with Crippen molar-refractivity contribution in [3.8, 4) is 0 Å². The average Bonchev–Trinajstić information content (AvgIpc) is 2.80. The lowest BCUT2D eigenvalue weighted by atomic mass is 10.1. The number of β-amino-alcohol motifs (C(OH)–C–C–N with tert-alkyl or cyclic N) is 1. The van der Waals surface area contributed by atoms with Crippen molar-refractivity contribution in [2.24, 2.45) is 0 Å². The van der Waals surface area contributed by atoms with Gasteiger partial charge in [0.25, 0.3) is 0 Å². The Morgan fingerprint density at radius 1 is 1.32 bits per heavy atom. The van der Waals surface area contributed by atoms with Gasteiger partial charge in [-0.1, -0.05) is 0 Å². The van der Waals surface area contributed by atoms with E-state index in [0.717, 1.165) is 12.8 Å². The van der Waals surface area contributed by atoms with Crippen LogP contribution >= 0.6 is 0 Å². The minimum absolute atomic E-state index is 0.00787. The number of aliphatic hydroxyl groups is 1. The van der Waals surface area contributed by atoms with Gasteiger partial charge in [0.1, 0.15) is 6.04 Å². The second kappa shape index (κ2) is 5.75. The fourth-order valence-corrected chi connectivity index (χ4v) is 2.75. The molecule has 0 aromatic carbocycles. The summed E-state index contributed by atoms with van der Waals surface area (Å²) >= 11 is 0. The third-order valence-corrected chi connectivity index (χ3v) is 3.79. The number of carbonyl (C=O) groups excluding carboxylic acids is 1. The number of ether oxygens (including phenoxy) is 1. The van der Waals surface area contributed by atoms with Crippen LogP contribution in [-0.2, 0) is 9.53 Å². The van der Waals surface area contributed by atoms with Crippen molar-refractivity contribution in [3.63, 3.8) is 0 Å². The molecule has 0 radical (unpaired) electrons. The largest absolute Gasteiger partial charge is 0.480 e.